The number of carbonyl (C=O) groups excluding carboxylic acids is 1. The smallest absolute Gasteiger partial charge is 0.312 e. The Kier molecular flexibility index (Phi) is 4.68. The van der Waals surface area contributed by atoms with Crippen molar-refractivity contribution in [2.75, 3.05) is 33.4 Å². The normalized spacial score (nSPS) is 23.5. The first-order valence-corrected chi connectivity index (χ1v) is 8.08. The number of rotatable bonds is 5. The lowest BCUT2D eigenvalue weighted by Gasteiger charge is -2.36. The molecule has 1 fully saturated rings. The van der Waals surface area contributed by atoms with Gasteiger partial charge in [-0.25, -0.2) is 0 Å². The second kappa shape index (κ2) is 6.72. The van der Waals surface area contributed by atoms with Crippen LogP contribution in [0, 0.1) is 5.92 Å². The van der Waals surface area contributed by atoms with Gasteiger partial charge in [0.2, 0.25) is 0 Å². The van der Waals surface area contributed by atoms with E-state index in [-0.39, 0.29) is 5.97 Å². The monoisotopic (exact) mass is 317 g/mol. The van der Waals surface area contributed by atoms with Crippen molar-refractivity contribution in [1.29, 1.82) is 0 Å². The predicted molar refractivity (Wildman–Crippen MR) is 88.1 cm³/mol. The highest BCUT2D eigenvalue weighted by Gasteiger charge is 2.35. The molecule has 0 saturated carbocycles. The van der Waals surface area contributed by atoms with E-state index in [4.69, 9.17) is 9.47 Å². The molecule has 0 bridgehead atoms. The van der Waals surface area contributed by atoms with Crippen LogP contribution in [0.2, 0.25) is 0 Å². The summed E-state index contributed by atoms with van der Waals surface area (Å²) in [4.78, 5) is 14.2. The quantitative estimate of drug-likeness (QED) is 0.839. The Morgan fingerprint density at radius 2 is 2.26 bits per heavy atom. The van der Waals surface area contributed by atoms with E-state index < -0.39 is 12.0 Å². The fraction of sp³-hybridized carbons (Fsp3) is 0.500. The molecule has 1 aliphatic heterocycles. The Balaban J connectivity index is 1.63. The highest BCUT2D eigenvalue weighted by molar-refractivity contribution is 5.96. The van der Waals surface area contributed by atoms with Crippen LogP contribution in [-0.2, 0) is 9.53 Å². The molecule has 1 saturated heterocycles. The number of nitrogens with zero attached hydrogens (tertiary/aromatic N) is 1. The van der Waals surface area contributed by atoms with Gasteiger partial charge in [-0.05, 0) is 48.3 Å². The Morgan fingerprint density at radius 1 is 1.43 bits per heavy atom. The summed E-state index contributed by atoms with van der Waals surface area (Å²) in [6.45, 7) is 4.24. The molecule has 124 valence electrons. The van der Waals surface area contributed by atoms with Gasteiger partial charge in [0.25, 0.3) is 0 Å². The summed E-state index contributed by atoms with van der Waals surface area (Å²) in [6, 6.07) is 6.06. The zero-order valence-corrected chi connectivity index (χ0v) is 13.6. The number of likely N-dealkylation sites (tertiary alicyclic amines) is 1. The molecule has 1 aromatic rings. The van der Waals surface area contributed by atoms with Crippen LogP contribution in [0.1, 0.15) is 24.5 Å². The van der Waals surface area contributed by atoms with E-state index in [1.165, 1.54) is 16.7 Å². The van der Waals surface area contributed by atoms with Crippen LogP contribution in [0.4, 0.5) is 0 Å². The molecule has 23 heavy (non-hydrogen) atoms. The van der Waals surface area contributed by atoms with E-state index in [0.717, 1.165) is 18.8 Å². The lowest BCUT2D eigenvalue weighted by Crippen LogP contribution is -2.47. The first-order valence-electron chi connectivity index (χ1n) is 8.08. The van der Waals surface area contributed by atoms with Gasteiger partial charge in [-0.15, -0.1) is 0 Å². The minimum atomic E-state index is -0.604. The maximum Gasteiger partial charge on any atom is 0.312 e. The van der Waals surface area contributed by atoms with Crippen molar-refractivity contribution >= 4 is 17.6 Å². The minimum absolute atomic E-state index is 0.297. The third kappa shape index (κ3) is 3.26. The molecule has 5 heteroatoms. The number of benzene rings is 1. The molecule has 0 amide bonds. The van der Waals surface area contributed by atoms with Crippen molar-refractivity contribution in [3.05, 3.63) is 29.3 Å². The SMILES string of the molecule is CCOC(=O)[C@H]1CN(CC2=Cc3ccc(OC)cc32)CC[C@H]1O. The number of esters is 1. The van der Waals surface area contributed by atoms with Gasteiger partial charge >= 0.3 is 5.97 Å². The van der Waals surface area contributed by atoms with E-state index in [9.17, 15) is 9.90 Å². The molecular formula is C18H23NO4. The fourth-order valence-electron chi connectivity index (χ4n) is 3.26. The molecule has 2 atom stereocenters. The van der Waals surface area contributed by atoms with Crippen LogP contribution in [0.15, 0.2) is 18.2 Å². The van der Waals surface area contributed by atoms with Crippen LogP contribution in [-0.4, -0.2) is 55.4 Å². The Hall–Kier alpha value is -1.85. The second-order valence-corrected chi connectivity index (χ2v) is 6.07. The van der Waals surface area contributed by atoms with Crippen LogP contribution in [0.3, 0.4) is 0 Å². The molecule has 1 aromatic carbocycles. The number of methoxy groups -OCH3 is 1. The lowest BCUT2D eigenvalue weighted by atomic mass is 9.87. The third-order valence-electron chi connectivity index (χ3n) is 4.58. The van der Waals surface area contributed by atoms with Crippen molar-refractivity contribution in [1.82, 2.24) is 4.90 Å². The largest absolute Gasteiger partial charge is 0.497 e. The van der Waals surface area contributed by atoms with Gasteiger partial charge < -0.3 is 14.6 Å². The summed E-state index contributed by atoms with van der Waals surface area (Å²) in [5, 5.41) is 10.1. The summed E-state index contributed by atoms with van der Waals surface area (Å²) >= 11 is 0. The van der Waals surface area contributed by atoms with E-state index >= 15 is 0 Å². The van der Waals surface area contributed by atoms with E-state index in [1.807, 2.05) is 12.1 Å². The average Bonchev–Trinajstić information content (AvgIpc) is 2.54. The van der Waals surface area contributed by atoms with Crippen molar-refractivity contribution in [3.8, 4) is 5.75 Å². The maximum absolute atomic E-state index is 12.0. The van der Waals surface area contributed by atoms with E-state index in [2.05, 4.69) is 17.0 Å². The number of fused-ring (bicyclic) bond motifs is 1. The number of hydrogen-bond donors (Lipinski definition) is 1. The summed E-state index contributed by atoms with van der Waals surface area (Å²) in [6.07, 6.45) is 2.16. The maximum atomic E-state index is 12.0. The topological polar surface area (TPSA) is 59.0 Å². The van der Waals surface area contributed by atoms with Crippen LogP contribution in [0.5, 0.6) is 5.75 Å². The minimum Gasteiger partial charge on any atom is -0.497 e. The molecule has 1 N–H and O–H groups in total. The van der Waals surface area contributed by atoms with Gasteiger partial charge in [-0.2, -0.15) is 0 Å². The molecular weight excluding hydrogens is 294 g/mol. The first-order chi connectivity index (χ1) is 11.1. The molecule has 0 radical (unpaired) electrons. The standard InChI is InChI=1S/C18H23NO4/c1-3-23-18(21)16-11-19(7-6-17(16)20)10-13-8-12-4-5-14(22-2)9-15(12)13/h4-5,8-9,16-17,20H,3,6-7,10-11H2,1-2H3/t16-,17+/m0/s1. The third-order valence-corrected chi connectivity index (χ3v) is 4.58. The van der Waals surface area contributed by atoms with Gasteiger partial charge in [-0.3, -0.25) is 9.69 Å². The average molecular weight is 317 g/mol. The Bertz CT molecular complexity index is 625. The summed E-state index contributed by atoms with van der Waals surface area (Å²) in [7, 11) is 1.67. The molecule has 5 nitrogen and oxygen atoms in total. The zero-order chi connectivity index (χ0) is 16.4. The highest BCUT2D eigenvalue weighted by Crippen LogP contribution is 2.36. The summed E-state index contributed by atoms with van der Waals surface area (Å²) < 4.78 is 10.4. The zero-order valence-electron chi connectivity index (χ0n) is 13.6. The van der Waals surface area contributed by atoms with Gasteiger partial charge in [0.1, 0.15) is 5.75 Å². The van der Waals surface area contributed by atoms with Crippen LogP contribution < -0.4 is 4.74 Å². The summed E-state index contributed by atoms with van der Waals surface area (Å²) in [5.74, 6) is 0.108. The molecule has 0 aromatic heterocycles. The number of carbonyl (C=O) groups is 1. The highest BCUT2D eigenvalue weighted by atomic mass is 16.5. The van der Waals surface area contributed by atoms with E-state index in [1.54, 1.807) is 14.0 Å². The number of piperidine rings is 1. The molecule has 1 heterocycles. The van der Waals surface area contributed by atoms with Gasteiger partial charge in [0.05, 0.1) is 25.7 Å². The fourth-order valence-corrected chi connectivity index (χ4v) is 3.26. The number of aliphatic hydroxyl groups is 1. The van der Waals surface area contributed by atoms with Crippen molar-refractivity contribution in [2.24, 2.45) is 5.92 Å². The molecule has 2 aliphatic rings. The van der Waals surface area contributed by atoms with Crippen LogP contribution in [0.25, 0.3) is 11.6 Å². The molecule has 3 rings (SSSR count). The Labute approximate surface area is 136 Å². The second-order valence-electron chi connectivity index (χ2n) is 6.07. The van der Waals surface area contributed by atoms with Gasteiger partial charge in [0, 0.05) is 19.6 Å². The van der Waals surface area contributed by atoms with Crippen molar-refractivity contribution in [2.45, 2.75) is 19.4 Å². The van der Waals surface area contributed by atoms with Gasteiger partial charge in [0.15, 0.2) is 0 Å². The Morgan fingerprint density at radius 3 is 3.00 bits per heavy atom. The first kappa shape index (κ1) is 16.0. The number of aliphatic hydroxyl groups excluding tert-OH is 1. The number of hydrogen-bond acceptors (Lipinski definition) is 5. The number of ether oxygens (including phenoxy) is 2. The molecule has 1 aliphatic carbocycles. The van der Waals surface area contributed by atoms with Crippen molar-refractivity contribution < 1.29 is 19.4 Å². The van der Waals surface area contributed by atoms with E-state index in [0.29, 0.717) is 19.6 Å². The molecule has 0 spiro atoms. The molecule has 0 unspecified atom stereocenters. The summed E-state index contributed by atoms with van der Waals surface area (Å²) in [5.41, 5.74) is 3.68. The van der Waals surface area contributed by atoms with Crippen molar-refractivity contribution in [3.63, 3.8) is 0 Å². The lowest BCUT2D eigenvalue weighted by molar-refractivity contribution is -0.155. The van der Waals surface area contributed by atoms with Crippen LogP contribution >= 0.6 is 0 Å². The predicted octanol–water partition coefficient (Wildman–Crippen LogP) is 1.80. The van der Waals surface area contributed by atoms with Gasteiger partial charge in [-0.1, -0.05) is 6.07 Å².